The van der Waals surface area contributed by atoms with Crippen molar-refractivity contribution in [3.63, 3.8) is 0 Å². The summed E-state index contributed by atoms with van der Waals surface area (Å²) in [4.78, 5) is 14.6. The third-order valence-electron chi connectivity index (χ3n) is 2.24. The highest BCUT2D eigenvalue weighted by atomic mass is 16.1. The summed E-state index contributed by atoms with van der Waals surface area (Å²) in [5.74, 6) is 0. The lowest BCUT2D eigenvalue weighted by molar-refractivity contribution is 0.112. The van der Waals surface area contributed by atoms with Gasteiger partial charge in [0.1, 0.15) is 6.29 Å². The molecule has 0 atom stereocenters. The van der Waals surface area contributed by atoms with E-state index >= 15 is 0 Å². The second-order valence-electron chi connectivity index (χ2n) is 3.46. The molecule has 2 rings (SSSR count). The van der Waals surface area contributed by atoms with Crippen molar-refractivity contribution in [3.8, 4) is 0 Å². The van der Waals surface area contributed by atoms with Crippen LogP contribution in [0.2, 0.25) is 0 Å². The maximum Gasteiger partial charge on any atom is 0.150 e. The summed E-state index contributed by atoms with van der Waals surface area (Å²) < 4.78 is 0. The fraction of sp³-hybridized carbons (Fsp3) is 0.0769. The fourth-order valence-electron chi connectivity index (χ4n) is 1.43. The van der Waals surface area contributed by atoms with Gasteiger partial charge < -0.3 is 5.32 Å². The van der Waals surface area contributed by atoms with Gasteiger partial charge >= 0.3 is 0 Å². The Bertz CT molecular complexity index is 468. The lowest BCUT2D eigenvalue weighted by Gasteiger charge is -2.06. The van der Waals surface area contributed by atoms with Crippen LogP contribution < -0.4 is 5.32 Å². The number of rotatable bonds is 4. The van der Waals surface area contributed by atoms with Gasteiger partial charge in [-0.1, -0.05) is 18.2 Å². The molecule has 3 nitrogen and oxygen atoms in total. The molecule has 16 heavy (non-hydrogen) atoms. The number of hydrogen-bond donors (Lipinski definition) is 1. The van der Waals surface area contributed by atoms with Crippen LogP contribution in [0.25, 0.3) is 0 Å². The maximum atomic E-state index is 10.6. The molecule has 0 saturated carbocycles. The summed E-state index contributed by atoms with van der Waals surface area (Å²) >= 11 is 0. The van der Waals surface area contributed by atoms with E-state index in [-0.39, 0.29) is 0 Å². The minimum absolute atomic E-state index is 0.677. The summed E-state index contributed by atoms with van der Waals surface area (Å²) in [6, 6.07) is 11.3. The number of carbonyl (C=O) groups is 1. The second kappa shape index (κ2) is 5.07. The van der Waals surface area contributed by atoms with Crippen LogP contribution in [0.4, 0.5) is 5.69 Å². The number of pyridine rings is 1. The number of aldehydes is 1. The van der Waals surface area contributed by atoms with Crippen molar-refractivity contribution in [1.82, 2.24) is 4.98 Å². The van der Waals surface area contributed by atoms with Crippen molar-refractivity contribution < 1.29 is 4.79 Å². The first-order valence-electron chi connectivity index (χ1n) is 5.06. The fourth-order valence-corrected chi connectivity index (χ4v) is 1.43. The molecule has 0 saturated heterocycles. The Morgan fingerprint density at radius 1 is 1.25 bits per heavy atom. The van der Waals surface area contributed by atoms with Crippen molar-refractivity contribution in [2.45, 2.75) is 6.54 Å². The summed E-state index contributed by atoms with van der Waals surface area (Å²) in [5, 5.41) is 3.24. The number of nitrogens with one attached hydrogen (secondary N) is 1. The van der Waals surface area contributed by atoms with E-state index in [4.69, 9.17) is 0 Å². The van der Waals surface area contributed by atoms with Gasteiger partial charge in [-0.05, 0) is 23.8 Å². The molecule has 0 amide bonds. The predicted molar refractivity (Wildman–Crippen MR) is 63.4 cm³/mol. The Labute approximate surface area is 94.1 Å². The molecule has 80 valence electrons. The molecule has 1 aromatic heterocycles. The lowest BCUT2D eigenvalue weighted by atomic mass is 10.2. The lowest BCUT2D eigenvalue weighted by Crippen LogP contribution is -1.99. The van der Waals surface area contributed by atoms with Crippen molar-refractivity contribution in [2.75, 3.05) is 5.32 Å². The number of anilines is 1. The molecular formula is C13H12N2O. The normalized spacial score (nSPS) is 9.75. The Morgan fingerprint density at radius 2 is 2.19 bits per heavy atom. The Kier molecular flexibility index (Phi) is 3.28. The van der Waals surface area contributed by atoms with Crippen LogP contribution in [0.1, 0.15) is 15.9 Å². The molecule has 0 spiro atoms. The van der Waals surface area contributed by atoms with E-state index in [1.807, 2.05) is 36.5 Å². The number of nitrogens with zero attached hydrogens (tertiary/aromatic N) is 1. The van der Waals surface area contributed by atoms with Gasteiger partial charge in [0.05, 0.1) is 0 Å². The zero-order chi connectivity index (χ0) is 11.2. The molecule has 3 heteroatoms. The Balaban J connectivity index is 2.02. The van der Waals surface area contributed by atoms with Gasteiger partial charge in [-0.2, -0.15) is 0 Å². The van der Waals surface area contributed by atoms with E-state index < -0.39 is 0 Å². The maximum absolute atomic E-state index is 10.6. The first kappa shape index (κ1) is 10.4. The molecule has 1 heterocycles. The van der Waals surface area contributed by atoms with E-state index in [1.54, 1.807) is 12.3 Å². The molecule has 1 N–H and O–H groups in total. The van der Waals surface area contributed by atoms with Crippen molar-refractivity contribution in [3.05, 3.63) is 59.9 Å². The van der Waals surface area contributed by atoms with Crippen LogP contribution >= 0.6 is 0 Å². The molecule has 0 aliphatic rings. The minimum atomic E-state index is 0.677. The quantitative estimate of drug-likeness (QED) is 0.792. The van der Waals surface area contributed by atoms with Gasteiger partial charge in [0.2, 0.25) is 0 Å². The van der Waals surface area contributed by atoms with Crippen LogP contribution in [0.5, 0.6) is 0 Å². The number of carbonyl (C=O) groups excluding carboxylic acids is 1. The standard InChI is InChI=1S/C13H12N2O/c16-10-11-3-1-5-13(7-11)15-9-12-4-2-6-14-8-12/h1-8,10,15H,9H2. The summed E-state index contributed by atoms with van der Waals surface area (Å²) in [7, 11) is 0. The van der Waals surface area contributed by atoms with Crippen LogP contribution in [0.15, 0.2) is 48.8 Å². The first-order chi connectivity index (χ1) is 7.88. The van der Waals surface area contributed by atoms with Gasteiger partial charge in [-0.25, -0.2) is 0 Å². The van der Waals surface area contributed by atoms with Crippen LogP contribution in [0, 0.1) is 0 Å². The first-order valence-corrected chi connectivity index (χ1v) is 5.06. The third kappa shape index (κ3) is 2.67. The molecule has 0 bridgehead atoms. The zero-order valence-corrected chi connectivity index (χ0v) is 8.76. The third-order valence-corrected chi connectivity index (χ3v) is 2.24. The van der Waals surface area contributed by atoms with E-state index in [0.29, 0.717) is 12.1 Å². The highest BCUT2D eigenvalue weighted by Gasteiger charge is 1.95. The minimum Gasteiger partial charge on any atom is -0.381 e. The van der Waals surface area contributed by atoms with Gasteiger partial charge in [0.25, 0.3) is 0 Å². The van der Waals surface area contributed by atoms with Crippen molar-refractivity contribution in [1.29, 1.82) is 0 Å². The number of hydrogen-bond acceptors (Lipinski definition) is 3. The molecular weight excluding hydrogens is 200 g/mol. The summed E-state index contributed by atoms with van der Waals surface area (Å²) in [5.41, 5.74) is 2.73. The monoisotopic (exact) mass is 212 g/mol. The molecule has 0 unspecified atom stereocenters. The van der Waals surface area contributed by atoms with E-state index in [9.17, 15) is 4.79 Å². The summed E-state index contributed by atoms with van der Waals surface area (Å²) in [6.45, 7) is 0.705. The van der Waals surface area contributed by atoms with Crippen molar-refractivity contribution >= 4 is 12.0 Å². The number of benzene rings is 1. The van der Waals surface area contributed by atoms with E-state index in [2.05, 4.69) is 10.3 Å². The van der Waals surface area contributed by atoms with E-state index in [1.165, 1.54) is 0 Å². The molecule has 0 aliphatic carbocycles. The van der Waals surface area contributed by atoms with Crippen LogP contribution in [-0.4, -0.2) is 11.3 Å². The summed E-state index contributed by atoms with van der Waals surface area (Å²) in [6.07, 6.45) is 4.41. The van der Waals surface area contributed by atoms with Gasteiger partial charge in [0.15, 0.2) is 0 Å². The zero-order valence-electron chi connectivity index (χ0n) is 8.76. The second-order valence-corrected chi connectivity index (χ2v) is 3.46. The predicted octanol–water partition coefficient (Wildman–Crippen LogP) is 2.51. The molecule has 0 aliphatic heterocycles. The number of aromatic nitrogens is 1. The SMILES string of the molecule is O=Cc1cccc(NCc2cccnc2)c1. The van der Waals surface area contributed by atoms with Gasteiger partial charge in [-0.3, -0.25) is 9.78 Å². The molecule has 1 aromatic carbocycles. The van der Waals surface area contributed by atoms with Gasteiger partial charge in [0, 0.05) is 30.2 Å². The molecule has 0 fully saturated rings. The van der Waals surface area contributed by atoms with Crippen LogP contribution in [0.3, 0.4) is 0 Å². The van der Waals surface area contributed by atoms with Gasteiger partial charge in [-0.15, -0.1) is 0 Å². The van der Waals surface area contributed by atoms with E-state index in [0.717, 1.165) is 17.5 Å². The molecule has 2 aromatic rings. The highest BCUT2D eigenvalue weighted by Crippen LogP contribution is 2.10. The Hall–Kier alpha value is -2.16. The highest BCUT2D eigenvalue weighted by molar-refractivity contribution is 5.76. The van der Waals surface area contributed by atoms with Crippen LogP contribution in [-0.2, 0) is 6.54 Å². The smallest absolute Gasteiger partial charge is 0.150 e. The topological polar surface area (TPSA) is 42.0 Å². The Morgan fingerprint density at radius 3 is 2.94 bits per heavy atom. The average Bonchev–Trinajstić information content (AvgIpc) is 2.38. The van der Waals surface area contributed by atoms with Crippen molar-refractivity contribution in [2.24, 2.45) is 0 Å². The molecule has 0 radical (unpaired) electrons. The largest absolute Gasteiger partial charge is 0.381 e. The average molecular weight is 212 g/mol.